The van der Waals surface area contributed by atoms with E-state index >= 15 is 0 Å². The van der Waals surface area contributed by atoms with E-state index in [4.69, 9.17) is 22.1 Å². The molecular weight excluding hydrogens is 276 g/mol. The molecule has 0 fully saturated rings. The molecule has 4 nitrogen and oxygen atoms in total. The molecule has 2 N–H and O–H groups in total. The quantitative estimate of drug-likeness (QED) is 0.841. The number of rotatable bonds is 7. The second-order valence-corrected chi connectivity index (χ2v) is 5.74. The highest BCUT2D eigenvalue weighted by Gasteiger charge is 2.18. The van der Waals surface area contributed by atoms with Gasteiger partial charge in [-0.25, -0.2) is 0 Å². The highest BCUT2D eigenvalue weighted by Crippen LogP contribution is 2.16. The molecule has 0 aromatic heterocycles. The molecular formula is C15H23ClN2O2. The van der Waals surface area contributed by atoms with Crippen molar-refractivity contribution in [3.8, 4) is 5.75 Å². The van der Waals surface area contributed by atoms with E-state index < -0.39 is 6.04 Å². The van der Waals surface area contributed by atoms with Crippen molar-refractivity contribution in [3.05, 3.63) is 29.3 Å². The van der Waals surface area contributed by atoms with Gasteiger partial charge in [0.05, 0.1) is 12.6 Å². The van der Waals surface area contributed by atoms with Crippen molar-refractivity contribution < 1.29 is 9.53 Å². The van der Waals surface area contributed by atoms with Crippen molar-refractivity contribution in [2.24, 2.45) is 11.7 Å². The Bertz CT molecular complexity index is 438. The molecule has 0 saturated heterocycles. The lowest BCUT2D eigenvalue weighted by Crippen LogP contribution is -2.43. The highest BCUT2D eigenvalue weighted by molar-refractivity contribution is 6.30. The summed E-state index contributed by atoms with van der Waals surface area (Å²) in [6.45, 7) is 5.01. The molecule has 0 heterocycles. The fraction of sp³-hybridized carbons (Fsp3) is 0.533. The monoisotopic (exact) mass is 298 g/mol. The van der Waals surface area contributed by atoms with Crippen molar-refractivity contribution >= 4 is 17.5 Å². The summed E-state index contributed by atoms with van der Waals surface area (Å²) in [5.74, 6) is 1.06. The number of benzene rings is 1. The van der Waals surface area contributed by atoms with Crippen molar-refractivity contribution in [1.29, 1.82) is 0 Å². The first kappa shape index (κ1) is 16.8. The van der Waals surface area contributed by atoms with Crippen LogP contribution < -0.4 is 10.5 Å². The summed E-state index contributed by atoms with van der Waals surface area (Å²) in [7, 11) is 1.74. The van der Waals surface area contributed by atoms with Crippen molar-refractivity contribution in [3.63, 3.8) is 0 Å². The summed E-state index contributed by atoms with van der Waals surface area (Å²) >= 11 is 5.87. The Morgan fingerprint density at radius 1 is 1.45 bits per heavy atom. The first-order valence-electron chi connectivity index (χ1n) is 6.79. The zero-order valence-corrected chi connectivity index (χ0v) is 13.1. The SMILES string of the molecule is CC(C)CC(N)C(=O)N(C)CCOc1cccc(Cl)c1. The van der Waals surface area contributed by atoms with Crippen molar-refractivity contribution in [2.75, 3.05) is 20.2 Å². The van der Waals surface area contributed by atoms with Gasteiger partial charge in [0.15, 0.2) is 0 Å². The maximum Gasteiger partial charge on any atom is 0.239 e. The van der Waals surface area contributed by atoms with E-state index in [9.17, 15) is 4.79 Å². The fourth-order valence-corrected chi connectivity index (χ4v) is 2.04. The van der Waals surface area contributed by atoms with Gasteiger partial charge in [-0.1, -0.05) is 31.5 Å². The summed E-state index contributed by atoms with van der Waals surface area (Å²) in [5, 5.41) is 0.630. The number of carbonyl (C=O) groups is 1. The molecule has 1 amide bonds. The van der Waals surface area contributed by atoms with Crippen LogP contribution in [0.15, 0.2) is 24.3 Å². The standard InChI is InChI=1S/C15H23ClN2O2/c1-11(2)9-14(17)15(19)18(3)7-8-20-13-6-4-5-12(16)10-13/h4-6,10-11,14H,7-9,17H2,1-3H3. The number of carbonyl (C=O) groups excluding carboxylic acids is 1. The average molecular weight is 299 g/mol. The van der Waals surface area contributed by atoms with Gasteiger partial charge < -0.3 is 15.4 Å². The third kappa shape index (κ3) is 5.80. The molecule has 1 atom stereocenters. The number of amides is 1. The minimum absolute atomic E-state index is 0.0478. The van der Waals surface area contributed by atoms with Crippen LogP contribution >= 0.6 is 11.6 Å². The minimum atomic E-state index is -0.439. The molecule has 112 valence electrons. The topological polar surface area (TPSA) is 55.6 Å². The van der Waals surface area contributed by atoms with Crippen LogP contribution in [-0.2, 0) is 4.79 Å². The Kier molecular flexibility index (Phi) is 6.82. The molecule has 5 heteroatoms. The lowest BCUT2D eigenvalue weighted by atomic mass is 10.0. The highest BCUT2D eigenvalue weighted by atomic mass is 35.5. The molecule has 1 aromatic rings. The van der Waals surface area contributed by atoms with Crippen LogP contribution in [0.3, 0.4) is 0 Å². The molecule has 20 heavy (non-hydrogen) atoms. The average Bonchev–Trinajstić information content (AvgIpc) is 2.37. The van der Waals surface area contributed by atoms with Crippen LogP contribution in [0.5, 0.6) is 5.75 Å². The molecule has 0 aliphatic rings. The van der Waals surface area contributed by atoms with Gasteiger partial charge >= 0.3 is 0 Å². The Labute approximate surface area is 125 Å². The molecule has 1 rings (SSSR count). The van der Waals surface area contributed by atoms with Gasteiger partial charge in [0.2, 0.25) is 5.91 Å². The summed E-state index contributed by atoms with van der Waals surface area (Å²) in [5.41, 5.74) is 5.87. The van der Waals surface area contributed by atoms with Gasteiger partial charge in [-0.2, -0.15) is 0 Å². The van der Waals surface area contributed by atoms with Gasteiger partial charge in [0.25, 0.3) is 0 Å². The van der Waals surface area contributed by atoms with Crippen LogP contribution in [0, 0.1) is 5.92 Å². The number of nitrogens with two attached hydrogens (primary N) is 1. The second kappa shape index (κ2) is 8.12. The van der Waals surface area contributed by atoms with Crippen LogP contribution in [0.2, 0.25) is 5.02 Å². The van der Waals surface area contributed by atoms with E-state index in [1.807, 2.05) is 12.1 Å². The maximum absolute atomic E-state index is 12.0. The molecule has 0 saturated carbocycles. The van der Waals surface area contributed by atoms with E-state index in [1.165, 1.54) is 0 Å². The number of nitrogens with zero attached hydrogens (tertiary/aromatic N) is 1. The summed E-state index contributed by atoms with van der Waals surface area (Å²) < 4.78 is 5.55. The van der Waals surface area contributed by atoms with Gasteiger partial charge in [0.1, 0.15) is 12.4 Å². The zero-order valence-electron chi connectivity index (χ0n) is 12.3. The number of ether oxygens (including phenoxy) is 1. The Morgan fingerprint density at radius 2 is 2.15 bits per heavy atom. The van der Waals surface area contributed by atoms with Gasteiger partial charge in [-0.05, 0) is 30.5 Å². The van der Waals surface area contributed by atoms with Crippen LogP contribution in [0.25, 0.3) is 0 Å². The molecule has 0 aliphatic heterocycles. The Balaban J connectivity index is 2.35. The normalized spacial score (nSPS) is 12.3. The molecule has 1 unspecified atom stereocenters. The second-order valence-electron chi connectivity index (χ2n) is 5.30. The molecule has 0 spiro atoms. The van der Waals surface area contributed by atoms with Gasteiger partial charge in [0, 0.05) is 12.1 Å². The van der Waals surface area contributed by atoms with Crippen LogP contribution in [0.1, 0.15) is 20.3 Å². The summed E-state index contributed by atoms with van der Waals surface area (Å²) in [6, 6.07) is 6.75. The molecule has 0 radical (unpaired) electrons. The third-order valence-electron chi connectivity index (χ3n) is 2.91. The summed E-state index contributed by atoms with van der Waals surface area (Å²) in [4.78, 5) is 13.6. The number of hydrogen-bond acceptors (Lipinski definition) is 3. The fourth-order valence-electron chi connectivity index (χ4n) is 1.86. The van der Waals surface area contributed by atoms with E-state index in [2.05, 4.69) is 13.8 Å². The largest absolute Gasteiger partial charge is 0.492 e. The smallest absolute Gasteiger partial charge is 0.239 e. The third-order valence-corrected chi connectivity index (χ3v) is 3.15. The van der Waals surface area contributed by atoms with E-state index in [-0.39, 0.29) is 5.91 Å². The molecule has 0 bridgehead atoms. The Morgan fingerprint density at radius 3 is 2.75 bits per heavy atom. The lowest BCUT2D eigenvalue weighted by Gasteiger charge is -2.22. The zero-order chi connectivity index (χ0) is 15.1. The minimum Gasteiger partial charge on any atom is -0.492 e. The molecule has 0 aliphatic carbocycles. The maximum atomic E-state index is 12.0. The first-order valence-corrected chi connectivity index (χ1v) is 7.17. The van der Waals surface area contributed by atoms with Gasteiger partial charge in [-0.15, -0.1) is 0 Å². The predicted octanol–water partition coefficient (Wildman–Crippen LogP) is 2.55. The number of likely N-dealkylation sites (N-methyl/N-ethyl adjacent to an activating group) is 1. The van der Waals surface area contributed by atoms with Gasteiger partial charge in [-0.3, -0.25) is 4.79 Å². The lowest BCUT2D eigenvalue weighted by molar-refractivity contribution is -0.131. The summed E-state index contributed by atoms with van der Waals surface area (Å²) in [6.07, 6.45) is 0.693. The van der Waals surface area contributed by atoms with Crippen molar-refractivity contribution in [2.45, 2.75) is 26.3 Å². The van der Waals surface area contributed by atoms with E-state index in [0.29, 0.717) is 36.3 Å². The van der Waals surface area contributed by atoms with Crippen LogP contribution in [0.4, 0.5) is 0 Å². The van der Waals surface area contributed by atoms with Crippen LogP contribution in [-0.4, -0.2) is 37.0 Å². The first-order chi connectivity index (χ1) is 9.40. The van der Waals surface area contributed by atoms with E-state index in [0.717, 1.165) is 0 Å². The number of hydrogen-bond donors (Lipinski definition) is 1. The van der Waals surface area contributed by atoms with Crippen molar-refractivity contribution in [1.82, 2.24) is 4.90 Å². The van der Waals surface area contributed by atoms with E-state index in [1.54, 1.807) is 24.1 Å². The molecule has 1 aromatic carbocycles. The number of halogens is 1. The predicted molar refractivity (Wildman–Crippen MR) is 82.0 cm³/mol. The Hall–Kier alpha value is -1.26.